The molecule has 3 aromatic heterocycles. The summed E-state index contributed by atoms with van der Waals surface area (Å²) in [6.45, 7) is 0.147. The molecular weight excluding hydrogens is 478 g/mol. The van der Waals surface area contributed by atoms with Crippen LogP contribution in [0.2, 0.25) is 0 Å². The van der Waals surface area contributed by atoms with Gasteiger partial charge in [0.2, 0.25) is 0 Å². The molecule has 2 fully saturated rings. The van der Waals surface area contributed by atoms with Gasteiger partial charge < -0.3 is 14.6 Å². The van der Waals surface area contributed by atoms with E-state index < -0.39 is 26.1 Å². The van der Waals surface area contributed by atoms with Crippen LogP contribution in [-0.2, 0) is 23.4 Å². The first-order valence-corrected chi connectivity index (χ1v) is 13.2. The predicted octanol–water partition coefficient (Wildman–Crippen LogP) is 1.68. The van der Waals surface area contributed by atoms with E-state index in [9.17, 15) is 18.0 Å². The van der Waals surface area contributed by atoms with Crippen molar-refractivity contribution in [3.63, 3.8) is 0 Å². The molecule has 3 heterocycles. The lowest BCUT2D eigenvalue weighted by atomic mass is 10.2. The van der Waals surface area contributed by atoms with Crippen LogP contribution < -0.4 is 15.6 Å². The molecule has 0 atom stereocenters. The molecule has 0 aliphatic heterocycles. The van der Waals surface area contributed by atoms with Gasteiger partial charge in [-0.3, -0.25) is 9.59 Å². The van der Waals surface area contributed by atoms with Crippen molar-refractivity contribution < 1.29 is 17.9 Å². The highest BCUT2D eigenvalue weighted by Gasteiger charge is 2.60. The highest BCUT2D eigenvalue weighted by atomic mass is 32.2. The molecule has 3 aromatic rings. The molecular formula is C22H21N5O5S2. The normalized spacial score (nSPS) is 16.7. The van der Waals surface area contributed by atoms with Crippen molar-refractivity contribution in [3.05, 3.63) is 50.1 Å². The number of carbonyl (C=O) groups excluding carboxylic acids is 1. The molecule has 0 unspecified atom stereocenters. The molecule has 5 rings (SSSR count). The van der Waals surface area contributed by atoms with Gasteiger partial charge in [0, 0.05) is 22.7 Å². The maximum absolute atomic E-state index is 13.0. The predicted molar refractivity (Wildman–Crippen MR) is 124 cm³/mol. The number of nitriles is 1. The molecule has 0 spiro atoms. The molecule has 12 heteroatoms. The highest BCUT2D eigenvalue weighted by molar-refractivity contribution is 7.94. The zero-order valence-corrected chi connectivity index (χ0v) is 19.9. The van der Waals surface area contributed by atoms with Crippen LogP contribution in [0.1, 0.15) is 46.5 Å². The van der Waals surface area contributed by atoms with Crippen molar-refractivity contribution in [3.8, 4) is 11.9 Å². The van der Waals surface area contributed by atoms with Crippen molar-refractivity contribution >= 4 is 38.0 Å². The Morgan fingerprint density at radius 3 is 2.79 bits per heavy atom. The number of aryl methyl sites for hydroxylation is 1. The molecule has 176 valence electrons. The van der Waals surface area contributed by atoms with Gasteiger partial charge in [-0.05, 0) is 37.8 Å². The first-order chi connectivity index (χ1) is 16.3. The Bertz CT molecular complexity index is 1510. The standard InChI is InChI=1S/C22H21N5O5S2/c1-27-18-14(7-17(21(27)29)19(28)24-10-15-6-13(8-23)11-33-15)9-25-26-20(18)32-12-22(4-5-22)34(30,31)16-2-3-16/h6-7,9,11,16H,2-5,10,12H2,1H3,(H,24,28). The van der Waals surface area contributed by atoms with E-state index in [1.165, 1.54) is 35.2 Å². The van der Waals surface area contributed by atoms with Crippen LogP contribution >= 0.6 is 11.3 Å². The third kappa shape index (κ3) is 3.84. The minimum absolute atomic E-state index is 0.0401. The van der Waals surface area contributed by atoms with Crippen molar-refractivity contribution in [1.82, 2.24) is 20.1 Å². The average Bonchev–Trinajstić information content (AvgIpc) is 3.76. The molecule has 1 amide bonds. The summed E-state index contributed by atoms with van der Waals surface area (Å²) in [5.41, 5.74) is 0.243. The molecule has 0 radical (unpaired) electrons. The van der Waals surface area contributed by atoms with Crippen LogP contribution in [-0.4, -0.2) is 45.7 Å². The number of rotatable bonds is 8. The fourth-order valence-corrected chi connectivity index (χ4v) is 7.06. The summed E-state index contributed by atoms with van der Waals surface area (Å²) in [6, 6.07) is 5.14. The van der Waals surface area contributed by atoms with Gasteiger partial charge in [-0.2, -0.15) is 10.4 Å². The fourth-order valence-electron chi connectivity index (χ4n) is 3.95. The lowest BCUT2D eigenvalue weighted by molar-refractivity contribution is 0.0949. The Balaban J connectivity index is 1.38. The van der Waals surface area contributed by atoms with Crippen LogP contribution in [0.15, 0.2) is 28.5 Å². The second-order valence-electron chi connectivity index (χ2n) is 8.69. The smallest absolute Gasteiger partial charge is 0.263 e. The SMILES string of the molecule is Cn1c(=O)c(C(=O)NCc2cc(C#N)cs2)cc2cnnc(OCC3(S(=O)(=O)C4CC4)CC3)c21. The van der Waals surface area contributed by atoms with Gasteiger partial charge in [0.1, 0.15) is 28.5 Å². The molecule has 0 saturated heterocycles. The van der Waals surface area contributed by atoms with Gasteiger partial charge in [-0.15, -0.1) is 16.4 Å². The second kappa shape index (κ2) is 8.18. The van der Waals surface area contributed by atoms with Gasteiger partial charge in [-0.1, -0.05) is 0 Å². The van der Waals surface area contributed by atoms with Crippen molar-refractivity contribution in [2.45, 2.75) is 42.2 Å². The van der Waals surface area contributed by atoms with E-state index >= 15 is 0 Å². The van der Waals surface area contributed by atoms with Crippen molar-refractivity contribution in [1.29, 1.82) is 5.26 Å². The summed E-state index contributed by atoms with van der Waals surface area (Å²) in [6.07, 6.45) is 3.92. The Hall–Kier alpha value is -3.30. The van der Waals surface area contributed by atoms with Crippen molar-refractivity contribution in [2.24, 2.45) is 7.05 Å². The van der Waals surface area contributed by atoms with Gasteiger partial charge in [0.05, 0.1) is 23.6 Å². The zero-order chi connectivity index (χ0) is 24.1. The number of sulfone groups is 1. The lowest BCUT2D eigenvalue weighted by Crippen LogP contribution is -2.34. The number of carbonyl (C=O) groups is 1. The number of thiophene rings is 1. The van der Waals surface area contributed by atoms with Crippen LogP contribution in [0.3, 0.4) is 0 Å². The maximum atomic E-state index is 13.0. The number of nitrogens with one attached hydrogen (secondary N) is 1. The molecule has 2 aliphatic rings. The van der Waals surface area contributed by atoms with Gasteiger partial charge in [-0.25, -0.2) is 8.42 Å². The van der Waals surface area contributed by atoms with E-state index in [0.29, 0.717) is 42.1 Å². The topological polar surface area (TPSA) is 144 Å². The molecule has 34 heavy (non-hydrogen) atoms. The molecule has 0 aromatic carbocycles. The summed E-state index contributed by atoms with van der Waals surface area (Å²) in [4.78, 5) is 26.5. The monoisotopic (exact) mass is 499 g/mol. The maximum Gasteiger partial charge on any atom is 0.263 e. The Morgan fingerprint density at radius 2 is 2.15 bits per heavy atom. The van der Waals surface area contributed by atoms with Gasteiger partial charge in [0.25, 0.3) is 17.3 Å². The summed E-state index contributed by atoms with van der Waals surface area (Å²) in [5, 5.41) is 21.4. The van der Waals surface area contributed by atoms with Gasteiger partial charge >= 0.3 is 0 Å². The second-order valence-corrected chi connectivity index (χ2v) is 12.3. The summed E-state index contributed by atoms with van der Waals surface area (Å²) >= 11 is 1.34. The summed E-state index contributed by atoms with van der Waals surface area (Å²) < 4.78 is 31.7. The van der Waals surface area contributed by atoms with E-state index in [0.717, 1.165) is 4.88 Å². The molecule has 0 bridgehead atoms. The largest absolute Gasteiger partial charge is 0.473 e. The van der Waals surface area contributed by atoms with E-state index in [-0.39, 0.29) is 29.8 Å². The number of hydrogen-bond donors (Lipinski definition) is 1. The van der Waals surface area contributed by atoms with E-state index in [4.69, 9.17) is 10.00 Å². The van der Waals surface area contributed by atoms with Gasteiger partial charge in [0.15, 0.2) is 9.84 Å². The summed E-state index contributed by atoms with van der Waals surface area (Å²) in [7, 11) is -1.75. The third-order valence-electron chi connectivity index (χ3n) is 6.29. The average molecular weight is 500 g/mol. The van der Waals surface area contributed by atoms with Crippen LogP contribution in [0.5, 0.6) is 5.88 Å². The first-order valence-electron chi connectivity index (χ1n) is 10.7. The number of amides is 1. The minimum atomic E-state index is -3.26. The van der Waals surface area contributed by atoms with Crippen molar-refractivity contribution in [2.75, 3.05) is 6.61 Å². The molecule has 2 aliphatic carbocycles. The zero-order valence-electron chi connectivity index (χ0n) is 18.3. The number of nitrogens with zero attached hydrogens (tertiary/aromatic N) is 4. The quantitative estimate of drug-likeness (QED) is 0.493. The van der Waals surface area contributed by atoms with Crippen LogP contribution in [0.4, 0.5) is 0 Å². The van der Waals surface area contributed by atoms with E-state index in [1.54, 1.807) is 11.4 Å². The Labute approximate surface area is 199 Å². The number of hydrogen-bond acceptors (Lipinski definition) is 9. The number of pyridine rings is 1. The van der Waals surface area contributed by atoms with Crippen LogP contribution in [0, 0.1) is 11.3 Å². The summed E-state index contributed by atoms with van der Waals surface area (Å²) in [5.74, 6) is -0.495. The highest BCUT2D eigenvalue weighted by Crippen LogP contribution is 2.50. The molecule has 10 nitrogen and oxygen atoms in total. The number of ether oxygens (including phenoxy) is 1. The fraction of sp³-hybridized carbons (Fsp3) is 0.409. The molecule has 2 saturated carbocycles. The third-order valence-corrected chi connectivity index (χ3v) is 10.3. The Kier molecular flexibility index (Phi) is 5.41. The van der Waals surface area contributed by atoms with E-state index in [2.05, 4.69) is 15.5 Å². The first kappa shape index (κ1) is 22.5. The van der Waals surface area contributed by atoms with Crippen LogP contribution in [0.25, 0.3) is 10.9 Å². The minimum Gasteiger partial charge on any atom is -0.473 e. The number of aromatic nitrogens is 3. The van der Waals surface area contributed by atoms with E-state index in [1.807, 2.05) is 6.07 Å². The Morgan fingerprint density at radius 1 is 1.38 bits per heavy atom. The molecule has 1 N–H and O–H groups in total. The number of fused-ring (bicyclic) bond motifs is 1. The lowest BCUT2D eigenvalue weighted by Gasteiger charge is -2.17.